The minimum atomic E-state index is -3.98. The summed E-state index contributed by atoms with van der Waals surface area (Å²) < 4.78 is 32.0. The minimum absolute atomic E-state index is 0.0554. The average Bonchev–Trinajstić information content (AvgIpc) is 2.68. The number of methoxy groups -OCH3 is 1. The molecule has 0 aliphatic rings. The molecule has 0 bridgehead atoms. The van der Waals surface area contributed by atoms with Crippen LogP contribution in [0.5, 0.6) is 0 Å². The Hall–Kier alpha value is -3.24. The third-order valence-electron chi connectivity index (χ3n) is 4.13. The monoisotopic (exact) mass is 433 g/mol. The Bertz CT molecular complexity index is 1060. The molecule has 2 amide bonds. The fourth-order valence-corrected chi connectivity index (χ4v) is 3.72. The van der Waals surface area contributed by atoms with Crippen LogP contribution in [0.25, 0.3) is 0 Å². The van der Waals surface area contributed by atoms with E-state index in [-0.39, 0.29) is 16.4 Å². The summed E-state index contributed by atoms with van der Waals surface area (Å²) >= 11 is 0. The van der Waals surface area contributed by atoms with E-state index in [1.54, 1.807) is 19.1 Å². The number of hydrogen-bond donors (Lipinski definition) is 3. The molecule has 0 aliphatic carbocycles. The zero-order valence-corrected chi connectivity index (χ0v) is 17.8. The predicted molar refractivity (Wildman–Crippen MR) is 112 cm³/mol. The summed E-state index contributed by atoms with van der Waals surface area (Å²) in [5.41, 5.74) is 1.77. The summed E-state index contributed by atoms with van der Waals surface area (Å²) in [7, 11) is -2.73. The van der Waals surface area contributed by atoms with Crippen molar-refractivity contribution < 1.29 is 27.5 Å². The number of benzene rings is 2. The molecule has 3 N–H and O–H groups in total. The maximum absolute atomic E-state index is 12.5. The number of sulfonamides is 1. The number of nitrogens with one attached hydrogen (secondary N) is 3. The maximum atomic E-state index is 12.5. The molecule has 2 rings (SSSR count). The van der Waals surface area contributed by atoms with E-state index in [2.05, 4.69) is 20.1 Å². The van der Waals surface area contributed by atoms with Gasteiger partial charge in [-0.1, -0.05) is 6.07 Å². The van der Waals surface area contributed by atoms with Crippen LogP contribution in [0.4, 0.5) is 11.4 Å². The first kappa shape index (κ1) is 23.0. The number of amides is 2. The molecule has 2 aromatic rings. The fourth-order valence-electron chi connectivity index (χ4n) is 2.52. The van der Waals surface area contributed by atoms with E-state index in [1.807, 2.05) is 0 Å². The maximum Gasteiger partial charge on any atom is 0.337 e. The molecule has 0 fully saturated rings. The zero-order valence-electron chi connectivity index (χ0n) is 17.0. The quantitative estimate of drug-likeness (QED) is 0.573. The number of anilines is 2. The van der Waals surface area contributed by atoms with Crippen LogP contribution in [-0.4, -0.2) is 39.4 Å². The molecule has 0 radical (unpaired) electrons. The van der Waals surface area contributed by atoms with Crippen molar-refractivity contribution in [2.24, 2.45) is 0 Å². The van der Waals surface area contributed by atoms with Gasteiger partial charge in [-0.05, 0) is 55.8 Å². The molecule has 0 aliphatic heterocycles. The van der Waals surface area contributed by atoms with E-state index in [0.717, 1.165) is 0 Å². The van der Waals surface area contributed by atoms with Crippen LogP contribution in [0.15, 0.2) is 47.4 Å². The van der Waals surface area contributed by atoms with Crippen molar-refractivity contribution in [3.63, 3.8) is 0 Å². The molecule has 0 heterocycles. The van der Waals surface area contributed by atoms with E-state index >= 15 is 0 Å². The number of carbonyl (C=O) groups excluding carboxylic acids is 3. The highest BCUT2D eigenvalue weighted by Gasteiger charge is 2.23. The van der Waals surface area contributed by atoms with Gasteiger partial charge in [0.15, 0.2) is 0 Å². The van der Waals surface area contributed by atoms with Gasteiger partial charge in [-0.3, -0.25) is 9.59 Å². The van der Waals surface area contributed by atoms with Crippen LogP contribution in [0.1, 0.15) is 29.8 Å². The second kappa shape index (κ2) is 9.51. The number of hydrogen-bond acceptors (Lipinski definition) is 6. The highest BCUT2D eigenvalue weighted by Crippen LogP contribution is 2.19. The predicted octanol–water partition coefficient (Wildman–Crippen LogP) is 2.05. The highest BCUT2D eigenvalue weighted by molar-refractivity contribution is 7.89. The second-order valence-electron chi connectivity index (χ2n) is 6.56. The standard InChI is InChI=1S/C20H23N3O6S/c1-12-5-6-15(20(26)29-4)11-18(12)22-19(25)13(2)23-30(27,28)17-9-7-16(8-10-17)21-14(3)24/h5-11,13,23H,1-4H3,(H,21,24)(H,22,25). The first-order valence-electron chi connectivity index (χ1n) is 8.93. The first-order valence-corrected chi connectivity index (χ1v) is 10.4. The Kier molecular flexibility index (Phi) is 7.30. The third kappa shape index (κ3) is 5.88. The lowest BCUT2D eigenvalue weighted by Gasteiger charge is -2.16. The van der Waals surface area contributed by atoms with Gasteiger partial charge < -0.3 is 15.4 Å². The van der Waals surface area contributed by atoms with Crippen LogP contribution >= 0.6 is 0 Å². The SMILES string of the molecule is COC(=O)c1ccc(C)c(NC(=O)C(C)NS(=O)(=O)c2ccc(NC(C)=O)cc2)c1. The highest BCUT2D eigenvalue weighted by atomic mass is 32.2. The Labute approximate surface area is 174 Å². The molecule has 1 atom stereocenters. The molecule has 9 nitrogen and oxygen atoms in total. The van der Waals surface area contributed by atoms with Crippen molar-refractivity contribution in [3.05, 3.63) is 53.6 Å². The number of rotatable bonds is 7. The van der Waals surface area contributed by atoms with E-state index in [1.165, 1.54) is 51.3 Å². The minimum Gasteiger partial charge on any atom is -0.465 e. The molecule has 0 saturated carbocycles. The smallest absolute Gasteiger partial charge is 0.337 e. The molecule has 0 spiro atoms. The van der Waals surface area contributed by atoms with Crippen molar-refractivity contribution in [2.45, 2.75) is 31.7 Å². The van der Waals surface area contributed by atoms with Gasteiger partial charge in [0.25, 0.3) is 0 Å². The number of aryl methyl sites for hydroxylation is 1. The Morgan fingerprint density at radius 2 is 1.63 bits per heavy atom. The van der Waals surface area contributed by atoms with Crippen molar-refractivity contribution in [3.8, 4) is 0 Å². The second-order valence-corrected chi connectivity index (χ2v) is 8.27. The van der Waals surface area contributed by atoms with E-state index in [4.69, 9.17) is 0 Å². The van der Waals surface area contributed by atoms with Gasteiger partial charge in [0.1, 0.15) is 0 Å². The van der Waals surface area contributed by atoms with Crippen molar-refractivity contribution in [1.82, 2.24) is 4.72 Å². The van der Waals surface area contributed by atoms with Crippen molar-refractivity contribution in [1.29, 1.82) is 0 Å². The summed E-state index contributed by atoms with van der Waals surface area (Å²) in [6.45, 7) is 4.48. The lowest BCUT2D eigenvalue weighted by atomic mass is 10.1. The summed E-state index contributed by atoms with van der Waals surface area (Å²) in [6, 6.07) is 9.11. The van der Waals surface area contributed by atoms with E-state index in [0.29, 0.717) is 16.9 Å². The number of ether oxygens (including phenoxy) is 1. The lowest BCUT2D eigenvalue weighted by molar-refractivity contribution is -0.117. The van der Waals surface area contributed by atoms with Crippen LogP contribution in [-0.2, 0) is 24.3 Å². The van der Waals surface area contributed by atoms with E-state index in [9.17, 15) is 22.8 Å². The van der Waals surface area contributed by atoms with Crippen molar-refractivity contribution in [2.75, 3.05) is 17.7 Å². The largest absolute Gasteiger partial charge is 0.465 e. The van der Waals surface area contributed by atoms with Gasteiger partial charge in [0.05, 0.1) is 23.6 Å². The lowest BCUT2D eigenvalue weighted by Crippen LogP contribution is -2.41. The van der Waals surface area contributed by atoms with E-state index < -0.39 is 27.9 Å². The summed E-state index contributed by atoms with van der Waals surface area (Å²) in [6.07, 6.45) is 0. The van der Waals surface area contributed by atoms with Crippen molar-refractivity contribution >= 4 is 39.2 Å². The number of esters is 1. The van der Waals surface area contributed by atoms with Crippen LogP contribution in [0.2, 0.25) is 0 Å². The zero-order chi connectivity index (χ0) is 22.5. The molecule has 2 aromatic carbocycles. The van der Waals surface area contributed by atoms with Gasteiger partial charge >= 0.3 is 5.97 Å². The number of carbonyl (C=O) groups is 3. The van der Waals surface area contributed by atoms with Gasteiger partial charge in [-0.2, -0.15) is 4.72 Å². The average molecular weight is 433 g/mol. The molecule has 160 valence electrons. The molecular weight excluding hydrogens is 410 g/mol. The molecule has 0 aromatic heterocycles. The van der Waals surface area contributed by atoms with Gasteiger partial charge in [-0.25, -0.2) is 13.2 Å². The summed E-state index contributed by atoms with van der Waals surface area (Å²) in [5.74, 6) is -1.43. The summed E-state index contributed by atoms with van der Waals surface area (Å²) in [4.78, 5) is 35.2. The van der Waals surface area contributed by atoms with Gasteiger partial charge in [-0.15, -0.1) is 0 Å². The molecule has 0 saturated heterocycles. The normalized spacial score (nSPS) is 12.0. The van der Waals surface area contributed by atoms with Gasteiger partial charge in [0, 0.05) is 18.3 Å². The Balaban J connectivity index is 2.11. The van der Waals surface area contributed by atoms with Crippen LogP contribution in [0, 0.1) is 6.92 Å². The topological polar surface area (TPSA) is 131 Å². The van der Waals surface area contributed by atoms with Gasteiger partial charge in [0.2, 0.25) is 21.8 Å². The Morgan fingerprint density at radius 3 is 2.20 bits per heavy atom. The van der Waals surface area contributed by atoms with Crippen LogP contribution < -0.4 is 15.4 Å². The fraction of sp³-hybridized carbons (Fsp3) is 0.250. The summed E-state index contributed by atoms with van der Waals surface area (Å²) in [5, 5.41) is 5.15. The molecule has 1 unspecified atom stereocenters. The molecule has 10 heteroatoms. The Morgan fingerprint density at radius 1 is 1.00 bits per heavy atom. The molecular formula is C20H23N3O6S. The molecule has 30 heavy (non-hydrogen) atoms. The first-order chi connectivity index (χ1) is 14.0. The van der Waals surface area contributed by atoms with Crippen LogP contribution in [0.3, 0.4) is 0 Å². The third-order valence-corrected chi connectivity index (χ3v) is 5.68.